The number of anilines is 1. The Morgan fingerprint density at radius 2 is 2.33 bits per heavy atom. The Balaban J connectivity index is 1.50. The van der Waals surface area contributed by atoms with E-state index in [-0.39, 0.29) is 18.1 Å². The summed E-state index contributed by atoms with van der Waals surface area (Å²) in [4.78, 5) is 12.1. The molecule has 3 rings (SSSR count). The Kier molecular flexibility index (Phi) is 4.52. The van der Waals surface area contributed by atoms with Crippen molar-refractivity contribution in [2.75, 3.05) is 18.5 Å². The van der Waals surface area contributed by atoms with Gasteiger partial charge >= 0.3 is 0 Å². The van der Waals surface area contributed by atoms with Gasteiger partial charge in [-0.25, -0.2) is 0 Å². The fraction of sp³-hybridized carbons (Fsp3) is 0.714. The van der Waals surface area contributed by atoms with Crippen LogP contribution in [0.5, 0.6) is 0 Å². The SMILES string of the molecule is NCC1CCC(C(=O)Nc2cnn(CC3CCCO3)c2)O1. The maximum Gasteiger partial charge on any atom is 0.253 e. The summed E-state index contributed by atoms with van der Waals surface area (Å²) in [6.07, 6.45) is 7.05. The molecule has 7 nitrogen and oxygen atoms in total. The zero-order valence-electron chi connectivity index (χ0n) is 12.0. The van der Waals surface area contributed by atoms with Gasteiger partial charge in [-0.15, -0.1) is 0 Å². The molecule has 0 spiro atoms. The summed E-state index contributed by atoms with van der Waals surface area (Å²) in [5.74, 6) is -0.123. The molecule has 0 aliphatic carbocycles. The van der Waals surface area contributed by atoms with E-state index in [1.54, 1.807) is 6.20 Å². The second kappa shape index (κ2) is 6.55. The lowest BCUT2D eigenvalue weighted by Crippen LogP contribution is -2.29. The average Bonchev–Trinajstić information content (AvgIpc) is 3.20. The summed E-state index contributed by atoms with van der Waals surface area (Å²) >= 11 is 0. The summed E-state index contributed by atoms with van der Waals surface area (Å²) in [6.45, 7) is 2.02. The van der Waals surface area contributed by atoms with Crippen LogP contribution in [0, 0.1) is 0 Å². The molecule has 1 amide bonds. The zero-order valence-corrected chi connectivity index (χ0v) is 12.0. The van der Waals surface area contributed by atoms with Crippen LogP contribution in [-0.2, 0) is 20.8 Å². The summed E-state index contributed by atoms with van der Waals surface area (Å²) in [5.41, 5.74) is 6.24. The molecule has 2 aliphatic rings. The van der Waals surface area contributed by atoms with E-state index in [0.29, 0.717) is 12.2 Å². The molecule has 1 aromatic rings. The molecule has 2 aliphatic heterocycles. The quantitative estimate of drug-likeness (QED) is 0.825. The van der Waals surface area contributed by atoms with Gasteiger partial charge < -0.3 is 20.5 Å². The first-order valence-corrected chi connectivity index (χ1v) is 7.55. The molecule has 0 bridgehead atoms. The minimum atomic E-state index is -0.403. The first kappa shape index (κ1) is 14.5. The van der Waals surface area contributed by atoms with Gasteiger partial charge in [0, 0.05) is 19.3 Å². The fourth-order valence-corrected chi connectivity index (χ4v) is 2.82. The monoisotopic (exact) mass is 294 g/mol. The molecular formula is C14H22N4O3. The van der Waals surface area contributed by atoms with Crippen LogP contribution in [0.15, 0.2) is 12.4 Å². The molecule has 21 heavy (non-hydrogen) atoms. The normalized spacial score (nSPS) is 28.9. The number of rotatable bonds is 5. The van der Waals surface area contributed by atoms with Crippen molar-refractivity contribution in [1.29, 1.82) is 0 Å². The van der Waals surface area contributed by atoms with Crippen molar-refractivity contribution in [2.45, 2.75) is 50.5 Å². The van der Waals surface area contributed by atoms with Crippen molar-refractivity contribution in [3.63, 3.8) is 0 Å². The number of carbonyl (C=O) groups excluding carboxylic acids is 1. The number of ether oxygens (including phenoxy) is 2. The summed E-state index contributed by atoms with van der Waals surface area (Å²) in [5, 5.41) is 7.10. The van der Waals surface area contributed by atoms with Crippen LogP contribution < -0.4 is 11.1 Å². The predicted molar refractivity (Wildman–Crippen MR) is 76.8 cm³/mol. The van der Waals surface area contributed by atoms with Gasteiger partial charge in [-0.05, 0) is 25.7 Å². The number of hydrogen-bond donors (Lipinski definition) is 2. The van der Waals surface area contributed by atoms with Crippen molar-refractivity contribution in [3.05, 3.63) is 12.4 Å². The van der Waals surface area contributed by atoms with E-state index in [9.17, 15) is 4.79 Å². The molecule has 3 heterocycles. The van der Waals surface area contributed by atoms with Crippen LogP contribution in [0.4, 0.5) is 5.69 Å². The molecule has 1 aromatic heterocycles. The third-order valence-corrected chi connectivity index (χ3v) is 3.98. The predicted octanol–water partition coefficient (Wildman–Crippen LogP) is 0.507. The van der Waals surface area contributed by atoms with Crippen LogP contribution in [-0.4, -0.2) is 47.2 Å². The Hall–Kier alpha value is -1.44. The molecule has 116 valence electrons. The second-order valence-electron chi connectivity index (χ2n) is 5.64. The van der Waals surface area contributed by atoms with Crippen molar-refractivity contribution in [3.8, 4) is 0 Å². The lowest BCUT2D eigenvalue weighted by molar-refractivity contribution is -0.126. The van der Waals surface area contributed by atoms with E-state index in [4.69, 9.17) is 15.2 Å². The number of carbonyl (C=O) groups is 1. The highest BCUT2D eigenvalue weighted by Crippen LogP contribution is 2.20. The van der Waals surface area contributed by atoms with Gasteiger partial charge in [0.2, 0.25) is 0 Å². The smallest absolute Gasteiger partial charge is 0.253 e. The number of nitrogens with one attached hydrogen (secondary N) is 1. The van der Waals surface area contributed by atoms with Crippen LogP contribution in [0.2, 0.25) is 0 Å². The van der Waals surface area contributed by atoms with Gasteiger partial charge in [0.15, 0.2) is 0 Å². The summed E-state index contributed by atoms with van der Waals surface area (Å²) in [6, 6.07) is 0. The largest absolute Gasteiger partial charge is 0.376 e. The topological polar surface area (TPSA) is 91.4 Å². The minimum absolute atomic E-state index is 0.00277. The van der Waals surface area contributed by atoms with E-state index in [1.807, 2.05) is 10.9 Å². The number of nitrogens with two attached hydrogens (primary N) is 1. The second-order valence-corrected chi connectivity index (χ2v) is 5.64. The Morgan fingerprint density at radius 1 is 1.43 bits per heavy atom. The van der Waals surface area contributed by atoms with E-state index in [2.05, 4.69) is 10.4 Å². The third kappa shape index (κ3) is 3.61. The van der Waals surface area contributed by atoms with Gasteiger partial charge in [0.05, 0.1) is 30.6 Å². The van der Waals surface area contributed by atoms with Gasteiger partial charge in [-0.2, -0.15) is 5.10 Å². The molecule has 3 N–H and O–H groups in total. The molecular weight excluding hydrogens is 272 g/mol. The maximum atomic E-state index is 12.1. The van der Waals surface area contributed by atoms with Crippen molar-refractivity contribution >= 4 is 11.6 Å². The Labute approximate surface area is 123 Å². The van der Waals surface area contributed by atoms with E-state index in [0.717, 1.165) is 38.8 Å². The standard InChI is InChI=1S/C14H22N4O3/c15-6-11-3-4-13(21-11)14(19)17-10-7-16-18(8-10)9-12-2-1-5-20-12/h7-8,11-13H,1-6,9,15H2,(H,17,19). The van der Waals surface area contributed by atoms with Crippen LogP contribution >= 0.6 is 0 Å². The highest BCUT2D eigenvalue weighted by atomic mass is 16.5. The minimum Gasteiger partial charge on any atom is -0.376 e. The summed E-state index contributed by atoms with van der Waals surface area (Å²) in [7, 11) is 0. The molecule has 0 radical (unpaired) electrons. The highest BCUT2D eigenvalue weighted by Gasteiger charge is 2.30. The van der Waals surface area contributed by atoms with Crippen LogP contribution in [0.1, 0.15) is 25.7 Å². The molecule has 7 heteroatoms. The number of aromatic nitrogens is 2. The number of amides is 1. The molecule has 0 saturated carbocycles. The van der Waals surface area contributed by atoms with Gasteiger partial charge in [-0.1, -0.05) is 0 Å². The Morgan fingerprint density at radius 3 is 3.05 bits per heavy atom. The average molecular weight is 294 g/mol. The summed E-state index contributed by atoms with van der Waals surface area (Å²) < 4.78 is 13.0. The van der Waals surface area contributed by atoms with Crippen LogP contribution in [0.3, 0.4) is 0 Å². The fourth-order valence-electron chi connectivity index (χ4n) is 2.82. The van der Waals surface area contributed by atoms with Crippen molar-refractivity contribution in [2.24, 2.45) is 5.73 Å². The first-order chi connectivity index (χ1) is 10.2. The molecule has 3 unspecified atom stereocenters. The van der Waals surface area contributed by atoms with Crippen LogP contribution in [0.25, 0.3) is 0 Å². The van der Waals surface area contributed by atoms with Gasteiger partial charge in [0.25, 0.3) is 5.91 Å². The highest BCUT2D eigenvalue weighted by molar-refractivity contribution is 5.94. The van der Waals surface area contributed by atoms with Crippen molar-refractivity contribution < 1.29 is 14.3 Å². The van der Waals surface area contributed by atoms with E-state index >= 15 is 0 Å². The first-order valence-electron chi connectivity index (χ1n) is 7.55. The Bertz CT molecular complexity index is 484. The maximum absolute atomic E-state index is 12.1. The number of nitrogens with zero attached hydrogens (tertiary/aromatic N) is 2. The van der Waals surface area contributed by atoms with Crippen molar-refractivity contribution in [1.82, 2.24) is 9.78 Å². The third-order valence-electron chi connectivity index (χ3n) is 3.98. The zero-order chi connectivity index (χ0) is 14.7. The van der Waals surface area contributed by atoms with E-state index in [1.165, 1.54) is 0 Å². The van der Waals surface area contributed by atoms with E-state index < -0.39 is 6.10 Å². The number of hydrogen-bond acceptors (Lipinski definition) is 5. The molecule has 3 atom stereocenters. The molecule has 0 aromatic carbocycles. The van der Waals surface area contributed by atoms with Gasteiger partial charge in [0.1, 0.15) is 6.10 Å². The molecule has 2 fully saturated rings. The lowest BCUT2D eigenvalue weighted by atomic mass is 10.2. The lowest BCUT2D eigenvalue weighted by Gasteiger charge is -2.11. The van der Waals surface area contributed by atoms with Gasteiger partial charge in [-0.3, -0.25) is 9.48 Å². The molecule has 2 saturated heterocycles.